The number of ether oxygens (including phenoxy) is 4. The maximum absolute atomic E-state index is 14.6. The Kier molecular flexibility index (Phi) is 6.35. The lowest BCUT2D eigenvalue weighted by molar-refractivity contribution is -0.222. The van der Waals surface area contributed by atoms with Crippen LogP contribution in [0.3, 0.4) is 0 Å². The first-order valence-electron chi connectivity index (χ1n) is 15.0. The van der Waals surface area contributed by atoms with Crippen LogP contribution in [-0.4, -0.2) is 48.6 Å². The van der Waals surface area contributed by atoms with Crippen molar-refractivity contribution in [3.63, 3.8) is 0 Å². The molecular formula is C32H42O9. The topological polar surface area (TPSA) is 122 Å². The van der Waals surface area contributed by atoms with Crippen molar-refractivity contribution in [1.82, 2.24) is 0 Å². The van der Waals surface area contributed by atoms with Crippen molar-refractivity contribution < 1.29 is 42.5 Å². The Balaban J connectivity index is 1.48. The molecule has 1 aromatic rings. The van der Waals surface area contributed by atoms with Crippen LogP contribution in [0.1, 0.15) is 85.3 Å². The van der Waals surface area contributed by atoms with E-state index in [9.17, 15) is 19.2 Å². The Hall–Kier alpha value is -2.68. The molecule has 41 heavy (non-hydrogen) atoms. The van der Waals surface area contributed by atoms with Crippen molar-refractivity contribution >= 4 is 23.7 Å². The number of furan rings is 1. The second-order valence-electron chi connectivity index (χ2n) is 14.2. The summed E-state index contributed by atoms with van der Waals surface area (Å²) in [6.07, 6.45) is 3.64. The van der Waals surface area contributed by atoms with Crippen molar-refractivity contribution in [2.24, 2.45) is 45.8 Å². The lowest BCUT2D eigenvalue weighted by Gasteiger charge is -2.65. The molecule has 1 unspecified atom stereocenters. The highest BCUT2D eigenvalue weighted by Gasteiger charge is 2.86. The van der Waals surface area contributed by atoms with E-state index in [0.29, 0.717) is 19.3 Å². The Morgan fingerprint density at radius 1 is 1.15 bits per heavy atom. The molecule has 0 amide bonds. The van der Waals surface area contributed by atoms with E-state index in [0.717, 1.165) is 5.56 Å². The highest BCUT2D eigenvalue weighted by atomic mass is 16.6. The highest BCUT2D eigenvalue weighted by Crippen LogP contribution is 2.77. The zero-order valence-electron chi connectivity index (χ0n) is 25.1. The molecule has 0 aromatic carbocycles. The summed E-state index contributed by atoms with van der Waals surface area (Å²) in [5, 5.41) is 0. The van der Waals surface area contributed by atoms with Crippen LogP contribution in [0, 0.1) is 45.8 Å². The quantitative estimate of drug-likeness (QED) is 0.269. The van der Waals surface area contributed by atoms with Crippen LogP contribution in [-0.2, 0) is 38.1 Å². The summed E-state index contributed by atoms with van der Waals surface area (Å²) in [7, 11) is 1.35. The van der Waals surface area contributed by atoms with Gasteiger partial charge >= 0.3 is 17.9 Å². The number of fused-ring (bicyclic) bond motifs is 5. The lowest BCUT2D eigenvalue weighted by Crippen LogP contribution is -2.72. The lowest BCUT2D eigenvalue weighted by atomic mass is 9.37. The van der Waals surface area contributed by atoms with E-state index in [4.69, 9.17) is 23.4 Å². The van der Waals surface area contributed by atoms with Crippen molar-refractivity contribution in [3.05, 3.63) is 24.2 Å². The van der Waals surface area contributed by atoms with E-state index >= 15 is 0 Å². The molecule has 6 rings (SSSR count). The van der Waals surface area contributed by atoms with Crippen LogP contribution in [0.5, 0.6) is 0 Å². The third-order valence-electron chi connectivity index (χ3n) is 12.1. The van der Waals surface area contributed by atoms with Crippen molar-refractivity contribution in [2.75, 3.05) is 7.11 Å². The minimum absolute atomic E-state index is 0.0100. The molecule has 9 nitrogen and oxygen atoms in total. The molecule has 5 aliphatic rings. The van der Waals surface area contributed by atoms with Crippen LogP contribution in [0.4, 0.5) is 0 Å². The summed E-state index contributed by atoms with van der Waals surface area (Å²) in [4.78, 5) is 53.9. The fraction of sp³-hybridized carbons (Fsp3) is 0.750. The van der Waals surface area contributed by atoms with Gasteiger partial charge in [0.25, 0.3) is 0 Å². The minimum Gasteiger partial charge on any atom is -0.472 e. The third-order valence-corrected chi connectivity index (χ3v) is 12.1. The normalized spacial score (nSPS) is 44.4. The van der Waals surface area contributed by atoms with Crippen molar-refractivity contribution in [3.8, 4) is 0 Å². The molecule has 11 atom stereocenters. The van der Waals surface area contributed by atoms with Gasteiger partial charge in [-0.1, -0.05) is 41.5 Å². The van der Waals surface area contributed by atoms with Crippen LogP contribution in [0.25, 0.3) is 0 Å². The number of ketones is 1. The summed E-state index contributed by atoms with van der Waals surface area (Å²) < 4.78 is 29.5. The summed E-state index contributed by atoms with van der Waals surface area (Å²) in [5.41, 5.74) is -2.07. The van der Waals surface area contributed by atoms with Gasteiger partial charge in [0.2, 0.25) is 0 Å². The molecule has 1 aromatic heterocycles. The van der Waals surface area contributed by atoms with Gasteiger partial charge < -0.3 is 23.4 Å². The van der Waals surface area contributed by atoms with Gasteiger partial charge in [-0.3, -0.25) is 19.2 Å². The van der Waals surface area contributed by atoms with Gasteiger partial charge in [-0.25, -0.2) is 0 Å². The summed E-state index contributed by atoms with van der Waals surface area (Å²) in [6.45, 7) is 11.9. The number of cyclic esters (lactones) is 1. The monoisotopic (exact) mass is 570 g/mol. The predicted molar refractivity (Wildman–Crippen MR) is 144 cm³/mol. The zero-order valence-corrected chi connectivity index (χ0v) is 25.1. The number of hydrogen-bond donors (Lipinski definition) is 0. The summed E-state index contributed by atoms with van der Waals surface area (Å²) in [6, 6.07) is 1.83. The molecular weight excluding hydrogens is 528 g/mol. The first kappa shape index (κ1) is 28.4. The van der Waals surface area contributed by atoms with Gasteiger partial charge in [0.15, 0.2) is 0 Å². The Bertz CT molecular complexity index is 1270. The van der Waals surface area contributed by atoms with Crippen LogP contribution in [0.2, 0.25) is 0 Å². The van der Waals surface area contributed by atoms with Gasteiger partial charge in [-0.05, 0) is 31.2 Å². The zero-order chi connectivity index (χ0) is 29.7. The van der Waals surface area contributed by atoms with E-state index in [1.807, 2.05) is 40.7 Å². The SMILES string of the molecule is CCC(C)C(=O)O[C@@H]1[C@@H]2C(=O)[C@](C)([C@H]3CC[C@]4(C)[C@@H](CC(=O)O[C@H]4c4ccoc4)[C@]34O[C@H]24)[C@@H](CC(=O)OC)C1(C)C. The van der Waals surface area contributed by atoms with Crippen LogP contribution in [0.15, 0.2) is 23.0 Å². The fourth-order valence-corrected chi connectivity index (χ4v) is 9.71. The standard InChI is InChI=1S/C32H42O9/c1-8-16(2)28(36)40-26-23-24(35)31(6,19(29(26,3)4)13-21(33)37-7)18-9-11-30(5)20(32(18)27(23)41-32)14-22(34)39-25(30)17-10-12-38-15-17/h10,12,15-16,18-20,23,25-27H,8-9,11,13-14H2,1-7H3/t16?,18-,19+,20-,23+,25+,26-,27-,30-,31-,32-/m1/s1. The number of carbonyl (C=O) groups is 4. The number of Topliss-reactive ketones (excluding diaryl/α,β-unsaturated/α-hetero) is 1. The molecule has 3 heterocycles. The molecule has 1 spiro atoms. The average molecular weight is 571 g/mol. The van der Waals surface area contributed by atoms with E-state index in [2.05, 4.69) is 6.92 Å². The number of hydrogen-bond acceptors (Lipinski definition) is 9. The second kappa shape index (κ2) is 9.16. The van der Waals surface area contributed by atoms with Gasteiger partial charge in [-0.15, -0.1) is 0 Å². The maximum atomic E-state index is 14.6. The Morgan fingerprint density at radius 3 is 2.51 bits per heavy atom. The van der Waals surface area contributed by atoms with Gasteiger partial charge in [0.05, 0.1) is 37.9 Å². The molecule has 3 aliphatic carbocycles. The maximum Gasteiger partial charge on any atom is 0.308 e. The third kappa shape index (κ3) is 3.63. The number of esters is 3. The number of rotatable bonds is 6. The number of methoxy groups -OCH3 is 1. The molecule has 0 radical (unpaired) electrons. The minimum atomic E-state index is -0.942. The predicted octanol–water partition coefficient (Wildman–Crippen LogP) is 4.82. The van der Waals surface area contributed by atoms with Gasteiger partial charge in [0, 0.05) is 40.1 Å². The average Bonchev–Trinajstić information content (AvgIpc) is 3.39. The largest absolute Gasteiger partial charge is 0.472 e. The number of epoxide rings is 1. The Labute approximate surface area is 241 Å². The molecule has 5 fully saturated rings. The molecule has 2 saturated heterocycles. The summed E-state index contributed by atoms with van der Waals surface area (Å²) in [5.74, 6) is -2.99. The molecule has 3 saturated carbocycles. The van der Waals surface area contributed by atoms with Gasteiger partial charge in [-0.2, -0.15) is 0 Å². The van der Waals surface area contributed by atoms with Crippen molar-refractivity contribution in [2.45, 2.75) is 97.6 Å². The Morgan fingerprint density at radius 2 is 1.88 bits per heavy atom. The number of carbonyl (C=O) groups excluding carboxylic acids is 4. The molecule has 224 valence electrons. The van der Waals surface area contributed by atoms with E-state index in [1.54, 1.807) is 12.5 Å². The molecule has 2 aliphatic heterocycles. The smallest absolute Gasteiger partial charge is 0.308 e. The second-order valence-corrected chi connectivity index (χ2v) is 14.2. The first-order chi connectivity index (χ1) is 19.3. The molecule has 0 N–H and O–H groups in total. The highest BCUT2D eigenvalue weighted by molar-refractivity contribution is 5.93. The van der Waals surface area contributed by atoms with Gasteiger partial charge in [0.1, 0.15) is 29.7 Å². The van der Waals surface area contributed by atoms with Crippen LogP contribution >= 0.6 is 0 Å². The summed E-state index contributed by atoms with van der Waals surface area (Å²) >= 11 is 0. The van der Waals surface area contributed by atoms with Crippen molar-refractivity contribution in [1.29, 1.82) is 0 Å². The van der Waals surface area contributed by atoms with E-state index in [1.165, 1.54) is 7.11 Å². The fourth-order valence-electron chi connectivity index (χ4n) is 9.71. The first-order valence-corrected chi connectivity index (χ1v) is 15.0. The molecule has 2 bridgehead atoms. The van der Waals surface area contributed by atoms with E-state index in [-0.39, 0.29) is 48.3 Å². The van der Waals surface area contributed by atoms with Crippen LogP contribution < -0.4 is 0 Å². The van der Waals surface area contributed by atoms with E-state index < -0.39 is 58.0 Å². The molecule has 9 heteroatoms.